The van der Waals surface area contributed by atoms with Gasteiger partial charge in [0.25, 0.3) is 0 Å². The average Bonchev–Trinajstić information content (AvgIpc) is 2.96. The molecule has 2 aliphatic rings. The molecule has 0 radical (unpaired) electrons. The van der Waals surface area contributed by atoms with Crippen molar-refractivity contribution in [3.63, 3.8) is 0 Å². The Morgan fingerprint density at radius 1 is 1.35 bits per heavy atom. The molecule has 0 aliphatic carbocycles. The molecule has 126 valence electrons. The number of aromatic nitrogens is 2. The van der Waals surface area contributed by atoms with Gasteiger partial charge in [-0.05, 0) is 18.9 Å². The van der Waals surface area contributed by atoms with E-state index in [9.17, 15) is 9.18 Å². The van der Waals surface area contributed by atoms with E-state index in [4.69, 9.17) is 0 Å². The molecule has 0 spiro atoms. The Morgan fingerprint density at radius 2 is 2.09 bits per heavy atom. The summed E-state index contributed by atoms with van der Waals surface area (Å²) < 4.78 is 12.8. The van der Waals surface area contributed by atoms with E-state index < -0.39 is 6.67 Å². The number of carbonyl (C=O) groups is 1. The van der Waals surface area contributed by atoms with E-state index >= 15 is 0 Å². The normalized spacial score (nSPS) is 22.7. The van der Waals surface area contributed by atoms with Crippen LogP contribution in [0.2, 0.25) is 0 Å². The van der Waals surface area contributed by atoms with Crippen molar-refractivity contribution < 1.29 is 9.18 Å². The number of carbonyl (C=O) groups excluding carboxylic acids is 1. The molecular formula is C16H24FN5O. The van der Waals surface area contributed by atoms with Crippen LogP contribution in [0.25, 0.3) is 0 Å². The third-order valence-electron chi connectivity index (χ3n) is 4.71. The van der Waals surface area contributed by atoms with Crippen molar-refractivity contribution in [2.45, 2.75) is 25.3 Å². The van der Waals surface area contributed by atoms with Crippen LogP contribution in [-0.4, -0.2) is 67.2 Å². The first-order chi connectivity index (χ1) is 11.1. The highest BCUT2D eigenvalue weighted by atomic mass is 19.1. The molecule has 1 aromatic rings. The molecule has 2 aliphatic heterocycles. The van der Waals surface area contributed by atoms with Crippen LogP contribution in [0.1, 0.15) is 19.3 Å². The molecule has 3 heterocycles. The minimum absolute atomic E-state index is 0.106. The van der Waals surface area contributed by atoms with Crippen LogP contribution in [0.4, 0.5) is 16.2 Å². The lowest BCUT2D eigenvalue weighted by atomic mass is 10.0. The topological polar surface area (TPSA) is 52.6 Å². The van der Waals surface area contributed by atoms with Gasteiger partial charge in [-0.15, -0.1) is 0 Å². The Kier molecular flexibility index (Phi) is 4.63. The minimum atomic E-state index is -0.394. The Hall–Kier alpha value is -1.92. The number of amides is 1. The summed E-state index contributed by atoms with van der Waals surface area (Å²) in [6.45, 7) is 1.91. The zero-order valence-electron chi connectivity index (χ0n) is 13.8. The van der Waals surface area contributed by atoms with E-state index in [1.165, 1.54) is 0 Å². The Bertz CT molecular complexity index is 559. The zero-order valence-corrected chi connectivity index (χ0v) is 13.8. The second-order valence-corrected chi connectivity index (χ2v) is 6.60. The van der Waals surface area contributed by atoms with Crippen molar-refractivity contribution in [1.29, 1.82) is 0 Å². The summed E-state index contributed by atoms with van der Waals surface area (Å²) in [5.74, 6) is 1.63. The third kappa shape index (κ3) is 3.38. The van der Waals surface area contributed by atoms with Crippen LogP contribution in [0.3, 0.4) is 0 Å². The largest absolute Gasteiger partial charge is 0.356 e. The van der Waals surface area contributed by atoms with Crippen LogP contribution in [0.15, 0.2) is 12.3 Å². The fourth-order valence-electron chi connectivity index (χ4n) is 3.40. The fraction of sp³-hybridized carbons (Fsp3) is 0.688. The molecule has 2 fully saturated rings. The molecule has 7 heteroatoms. The number of anilines is 2. The van der Waals surface area contributed by atoms with Crippen molar-refractivity contribution in [3.05, 3.63) is 12.3 Å². The van der Waals surface area contributed by atoms with Gasteiger partial charge in [-0.2, -0.15) is 4.98 Å². The van der Waals surface area contributed by atoms with Gasteiger partial charge < -0.3 is 14.7 Å². The highest BCUT2D eigenvalue weighted by Crippen LogP contribution is 2.27. The number of nitrogens with zero attached hydrogens (tertiary/aromatic N) is 5. The lowest BCUT2D eigenvalue weighted by molar-refractivity contribution is -0.130. The second kappa shape index (κ2) is 6.68. The molecule has 0 aromatic carbocycles. The smallest absolute Gasteiger partial charge is 0.226 e. The molecule has 1 amide bonds. The van der Waals surface area contributed by atoms with E-state index in [1.807, 2.05) is 30.0 Å². The van der Waals surface area contributed by atoms with Crippen LogP contribution >= 0.6 is 0 Å². The lowest BCUT2D eigenvalue weighted by Crippen LogP contribution is -2.46. The molecule has 0 saturated carbocycles. The highest BCUT2D eigenvalue weighted by Gasteiger charge is 2.35. The third-order valence-corrected chi connectivity index (χ3v) is 4.71. The van der Waals surface area contributed by atoms with Crippen molar-refractivity contribution in [2.75, 3.05) is 50.2 Å². The number of halogens is 1. The van der Waals surface area contributed by atoms with Gasteiger partial charge in [0, 0.05) is 58.3 Å². The van der Waals surface area contributed by atoms with Gasteiger partial charge in [0.05, 0.1) is 6.67 Å². The molecule has 0 bridgehead atoms. The maximum atomic E-state index is 12.8. The van der Waals surface area contributed by atoms with Crippen molar-refractivity contribution in [2.24, 2.45) is 5.92 Å². The average molecular weight is 321 g/mol. The highest BCUT2D eigenvalue weighted by molar-refractivity contribution is 5.79. The first kappa shape index (κ1) is 16.0. The van der Waals surface area contributed by atoms with Crippen molar-refractivity contribution in [1.82, 2.24) is 14.9 Å². The summed E-state index contributed by atoms with van der Waals surface area (Å²) in [6.07, 6.45) is 3.96. The van der Waals surface area contributed by atoms with Gasteiger partial charge >= 0.3 is 0 Å². The Balaban J connectivity index is 1.60. The molecule has 3 rings (SSSR count). The van der Waals surface area contributed by atoms with E-state index in [-0.39, 0.29) is 17.9 Å². The van der Waals surface area contributed by atoms with E-state index in [1.54, 1.807) is 6.20 Å². The molecular weight excluding hydrogens is 297 g/mol. The summed E-state index contributed by atoms with van der Waals surface area (Å²) in [5.41, 5.74) is 0. The first-order valence-corrected chi connectivity index (χ1v) is 8.19. The summed E-state index contributed by atoms with van der Waals surface area (Å²) in [7, 11) is 3.84. The Morgan fingerprint density at radius 3 is 2.70 bits per heavy atom. The van der Waals surface area contributed by atoms with Crippen LogP contribution < -0.4 is 9.80 Å². The number of piperidine rings is 1. The predicted octanol–water partition coefficient (Wildman–Crippen LogP) is 1.33. The van der Waals surface area contributed by atoms with Crippen LogP contribution in [0, 0.1) is 5.92 Å². The maximum Gasteiger partial charge on any atom is 0.226 e. The standard InChI is InChI=1S/C16H24FN5O/c1-20(2)16-18-6-3-14(19-16)21-7-4-13(5-8-21)22-11-12(10-17)9-15(22)23/h3,6,12-13H,4-5,7-11H2,1-2H3. The zero-order chi connectivity index (χ0) is 16.4. The van der Waals surface area contributed by atoms with Crippen molar-refractivity contribution >= 4 is 17.7 Å². The van der Waals surface area contributed by atoms with Crippen LogP contribution in [-0.2, 0) is 4.79 Å². The first-order valence-electron chi connectivity index (χ1n) is 8.19. The van der Waals surface area contributed by atoms with Gasteiger partial charge in [-0.3, -0.25) is 9.18 Å². The molecule has 1 atom stereocenters. The summed E-state index contributed by atoms with van der Waals surface area (Å²) in [6, 6.07) is 2.17. The molecule has 2 saturated heterocycles. The van der Waals surface area contributed by atoms with Gasteiger partial charge in [0.1, 0.15) is 5.82 Å². The van der Waals surface area contributed by atoms with Crippen LogP contribution in [0.5, 0.6) is 0 Å². The van der Waals surface area contributed by atoms with Gasteiger partial charge in [0.2, 0.25) is 11.9 Å². The van der Waals surface area contributed by atoms with E-state index in [2.05, 4.69) is 14.9 Å². The maximum absolute atomic E-state index is 12.8. The molecule has 6 nitrogen and oxygen atoms in total. The molecule has 0 N–H and O–H groups in total. The molecule has 1 unspecified atom stereocenters. The van der Waals surface area contributed by atoms with E-state index in [0.717, 1.165) is 31.7 Å². The van der Waals surface area contributed by atoms with Crippen molar-refractivity contribution in [3.8, 4) is 0 Å². The lowest BCUT2D eigenvalue weighted by Gasteiger charge is -2.37. The van der Waals surface area contributed by atoms with Gasteiger partial charge in [-0.25, -0.2) is 4.98 Å². The van der Waals surface area contributed by atoms with E-state index in [0.29, 0.717) is 18.9 Å². The number of rotatable bonds is 4. The predicted molar refractivity (Wildman–Crippen MR) is 87.4 cm³/mol. The van der Waals surface area contributed by atoms with Gasteiger partial charge in [-0.1, -0.05) is 0 Å². The quantitative estimate of drug-likeness (QED) is 0.837. The molecule has 23 heavy (non-hydrogen) atoms. The number of hydrogen-bond donors (Lipinski definition) is 0. The Labute approximate surface area is 136 Å². The number of likely N-dealkylation sites (tertiary alicyclic amines) is 1. The minimum Gasteiger partial charge on any atom is -0.356 e. The van der Waals surface area contributed by atoms with Gasteiger partial charge in [0.15, 0.2) is 0 Å². The summed E-state index contributed by atoms with van der Waals surface area (Å²) in [4.78, 5) is 26.9. The number of alkyl halides is 1. The monoisotopic (exact) mass is 321 g/mol. The second-order valence-electron chi connectivity index (χ2n) is 6.60. The molecule has 1 aromatic heterocycles. The summed E-state index contributed by atoms with van der Waals surface area (Å²) in [5, 5.41) is 0. The summed E-state index contributed by atoms with van der Waals surface area (Å²) >= 11 is 0. The SMILES string of the molecule is CN(C)c1nccc(N2CCC(N3CC(CF)CC3=O)CC2)n1. The number of hydrogen-bond acceptors (Lipinski definition) is 5. The fourth-order valence-corrected chi connectivity index (χ4v) is 3.40.